The van der Waals surface area contributed by atoms with E-state index in [2.05, 4.69) is 93.8 Å². The quantitative estimate of drug-likeness (QED) is 0.323. The molecule has 0 amide bonds. The summed E-state index contributed by atoms with van der Waals surface area (Å²) in [4.78, 5) is 5.08. The van der Waals surface area contributed by atoms with Gasteiger partial charge in [-0.25, -0.2) is 4.98 Å². The molecule has 0 bridgehead atoms. The van der Waals surface area contributed by atoms with Crippen LogP contribution in [0, 0.1) is 6.92 Å². The first-order valence-corrected chi connectivity index (χ1v) is 15.7. The second kappa shape index (κ2) is 5.86. The largest absolute Gasteiger partial charge is 0.449 e. The van der Waals surface area contributed by atoms with Crippen LogP contribution in [0.3, 0.4) is 0 Å². The van der Waals surface area contributed by atoms with Crippen LogP contribution in [0.1, 0.15) is 5.56 Å². The molecule has 2 nitrogen and oxygen atoms in total. The van der Waals surface area contributed by atoms with Gasteiger partial charge in [0.05, 0.1) is 11.0 Å². The summed E-state index contributed by atoms with van der Waals surface area (Å²) in [7, 11) is -3.75. The number of rotatable bonds is 1. The summed E-state index contributed by atoms with van der Waals surface area (Å²) in [5.41, 5.74) is 5.96. The van der Waals surface area contributed by atoms with E-state index in [9.17, 15) is 0 Å². The van der Waals surface area contributed by atoms with Crippen molar-refractivity contribution in [3.63, 3.8) is 0 Å². The van der Waals surface area contributed by atoms with Gasteiger partial charge in [0.2, 0.25) is 16.6 Å². The van der Waals surface area contributed by atoms with Crippen LogP contribution in [0.5, 0.6) is 0 Å². The van der Waals surface area contributed by atoms with E-state index >= 15 is 0 Å². The van der Waals surface area contributed by atoms with Crippen molar-refractivity contribution in [2.24, 2.45) is 0 Å². The van der Waals surface area contributed by atoms with Gasteiger partial charge in [-0.05, 0) is 67.2 Å². The fraction of sp³-hybridized carbons (Fsp3) is 0.208. The maximum Gasteiger partial charge on any atom is 0.206 e. The third-order valence-electron chi connectivity index (χ3n) is 5.94. The molecule has 0 spiro atoms. The van der Waals surface area contributed by atoms with Gasteiger partial charge in [-0.3, -0.25) is 0 Å². The monoisotopic (exact) mass is 399 g/mol. The van der Waals surface area contributed by atoms with E-state index in [1.54, 1.807) is 0 Å². The molecule has 28 heavy (non-hydrogen) atoms. The fourth-order valence-electron chi connectivity index (χ4n) is 4.76. The number of benzene rings is 3. The highest BCUT2D eigenvalue weighted by molar-refractivity contribution is 7.06. The zero-order chi connectivity index (χ0) is 19.7. The number of hydrogen-bond acceptors (Lipinski definition) is 2. The standard InChI is InChI=1S/C24H25NOSi2/c1-16-11-12-20-18(13-16)24(17-9-7-6-8-10-17)19-14-22-23(15-21(19)25-20)28(4,5)26-27(22,2)3/h6-15H,1-5H3. The van der Waals surface area contributed by atoms with Crippen LogP contribution in [0.25, 0.3) is 32.9 Å². The van der Waals surface area contributed by atoms with Crippen LogP contribution in [-0.2, 0) is 4.12 Å². The molecule has 0 fully saturated rings. The summed E-state index contributed by atoms with van der Waals surface area (Å²) in [5.74, 6) is 0. The van der Waals surface area contributed by atoms with Gasteiger partial charge in [0.1, 0.15) is 0 Å². The van der Waals surface area contributed by atoms with Gasteiger partial charge < -0.3 is 4.12 Å². The van der Waals surface area contributed by atoms with E-state index in [0.717, 1.165) is 11.0 Å². The Labute approximate surface area is 168 Å². The van der Waals surface area contributed by atoms with Crippen LogP contribution in [-0.4, -0.2) is 21.6 Å². The maximum atomic E-state index is 6.69. The number of fused-ring (bicyclic) bond motifs is 3. The molecular formula is C24H25NOSi2. The van der Waals surface area contributed by atoms with Gasteiger partial charge in [-0.2, -0.15) is 0 Å². The minimum atomic E-state index is -1.88. The smallest absolute Gasteiger partial charge is 0.206 e. The second-order valence-electron chi connectivity index (χ2n) is 8.91. The lowest BCUT2D eigenvalue weighted by atomic mass is 9.95. The average molecular weight is 400 g/mol. The number of aryl methyl sites for hydroxylation is 1. The Morgan fingerprint density at radius 1 is 0.714 bits per heavy atom. The summed E-state index contributed by atoms with van der Waals surface area (Å²) in [5, 5.41) is 5.38. The van der Waals surface area contributed by atoms with Gasteiger partial charge in [-0.1, -0.05) is 48.0 Å². The van der Waals surface area contributed by atoms with Crippen LogP contribution >= 0.6 is 0 Å². The van der Waals surface area contributed by atoms with Crippen LogP contribution in [0.2, 0.25) is 26.2 Å². The minimum Gasteiger partial charge on any atom is -0.449 e. The molecule has 0 aliphatic carbocycles. The van der Waals surface area contributed by atoms with Crippen LogP contribution < -0.4 is 10.4 Å². The van der Waals surface area contributed by atoms with Crippen molar-refractivity contribution in [2.45, 2.75) is 33.1 Å². The first-order valence-electron chi connectivity index (χ1n) is 9.91. The van der Waals surface area contributed by atoms with Crippen molar-refractivity contribution in [1.82, 2.24) is 4.98 Å². The molecule has 2 heterocycles. The molecule has 0 saturated carbocycles. The Morgan fingerprint density at radius 3 is 2.07 bits per heavy atom. The molecule has 0 unspecified atom stereocenters. The van der Waals surface area contributed by atoms with E-state index in [1.165, 1.54) is 37.8 Å². The lowest BCUT2D eigenvalue weighted by Gasteiger charge is -2.22. The first-order chi connectivity index (χ1) is 13.3. The highest BCUT2D eigenvalue weighted by Gasteiger charge is 2.46. The highest BCUT2D eigenvalue weighted by atomic mass is 28.4. The normalized spacial score (nSPS) is 17.2. The fourth-order valence-corrected chi connectivity index (χ4v) is 15.0. The molecule has 1 aliphatic rings. The molecule has 3 aromatic carbocycles. The van der Waals surface area contributed by atoms with E-state index in [1.807, 2.05) is 0 Å². The van der Waals surface area contributed by atoms with Crippen LogP contribution in [0.4, 0.5) is 0 Å². The average Bonchev–Trinajstić information content (AvgIpc) is 2.83. The third-order valence-corrected chi connectivity index (χ3v) is 13.7. The molecule has 0 radical (unpaired) electrons. The SMILES string of the molecule is Cc1ccc2nc3cc4c(cc3c(-c3ccccc3)c2c1)[Si](C)(C)O[Si]4(C)C. The number of nitrogens with zero attached hydrogens (tertiary/aromatic N) is 1. The number of pyridine rings is 1. The molecule has 4 aromatic rings. The summed E-state index contributed by atoms with van der Waals surface area (Å²) in [6.45, 7) is 11.5. The van der Waals surface area contributed by atoms with Crippen molar-refractivity contribution < 1.29 is 4.12 Å². The van der Waals surface area contributed by atoms with Gasteiger partial charge in [0.15, 0.2) is 0 Å². The molecule has 1 aromatic heterocycles. The lowest BCUT2D eigenvalue weighted by molar-refractivity contribution is 0.583. The molecule has 5 rings (SSSR count). The lowest BCUT2D eigenvalue weighted by Crippen LogP contribution is -2.44. The van der Waals surface area contributed by atoms with E-state index < -0.39 is 16.6 Å². The van der Waals surface area contributed by atoms with E-state index in [4.69, 9.17) is 9.10 Å². The van der Waals surface area contributed by atoms with Crippen molar-refractivity contribution in [3.05, 3.63) is 66.2 Å². The predicted molar refractivity (Wildman–Crippen MR) is 125 cm³/mol. The predicted octanol–water partition coefficient (Wildman–Crippen LogP) is 5.22. The Morgan fingerprint density at radius 2 is 1.36 bits per heavy atom. The highest BCUT2D eigenvalue weighted by Crippen LogP contribution is 2.36. The van der Waals surface area contributed by atoms with Crippen molar-refractivity contribution in [2.75, 3.05) is 0 Å². The molecule has 0 N–H and O–H groups in total. The second-order valence-corrected chi connectivity index (χ2v) is 16.8. The van der Waals surface area contributed by atoms with Gasteiger partial charge in [0.25, 0.3) is 0 Å². The topological polar surface area (TPSA) is 22.1 Å². The minimum absolute atomic E-state index is 1.06. The maximum absolute atomic E-state index is 6.69. The Hall–Kier alpha value is -2.28. The molecule has 4 heteroatoms. The summed E-state index contributed by atoms with van der Waals surface area (Å²) < 4.78 is 6.69. The van der Waals surface area contributed by atoms with Crippen molar-refractivity contribution >= 4 is 48.8 Å². The van der Waals surface area contributed by atoms with Crippen molar-refractivity contribution in [3.8, 4) is 11.1 Å². The van der Waals surface area contributed by atoms with Gasteiger partial charge in [0, 0.05) is 16.3 Å². The molecule has 0 saturated heterocycles. The Balaban J connectivity index is 1.97. The summed E-state index contributed by atoms with van der Waals surface area (Å²) in [6, 6.07) is 22.1. The zero-order valence-electron chi connectivity index (χ0n) is 17.1. The van der Waals surface area contributed by atoms with Crippen LogP contribution in [0.15, 0.2) is 60.7 Å². The first kappa shape index (κ1) is 17.8. The number of aromatic nitrogens is 1. The molecule has 140 valence electrons. The van der Waals surface area contributed by atoms with Crippen molar-refractivity contribution in [1.29, 1.82) is 0 Å². The molecule has 0 atom stereocenters. The molecule has 1 aliphatic heterocycles. The molecular weight excluding hydrogens is 374 g/mol. The summed E-state index contributed by atoms with van der Waals surface area (Å²) in [6.07, 6.45) is 0. The zero-order valence-corrected chi connectivity index (χ0v) is 19.1. The van der Waals surface area contributed by atoms with Gasteiger partial charge in [-0.15, -0.1) is 0 Å². The van der Waals surface area contributed by atoms with Gasteiger partial charge >= 0.3 is 0 Å². The Bertz CT molecular complexity index is 1250. The summed E-state index contributed by atoms with van der Waals surface area (Å²) >= 11 is 0. The third kappa shape index (κ3) is 2.59. The Kier molecular flexibility index (Phi) is 3.73. The number of hydrogen-bond donors (Lipinski definition) is 0. The van der Waals surface area contributed by atoms with E-state index in [0.29, 0.717) is 0 Å². The van der Waals surface area contributed by atoms with E-state index in [-0.39, 0.29) is 0 Å².